The van der Waals surface area contributed by atoms with Gasteiger partial charge in [0.1, 0.15) is 5.82 Å². The Labute approximate surface area is 128 Å². The molecule has 0 bridgehead atoms. The number of rotatable bonds is 5. The highest BCUT2D eigenvalue weighted by molar-refractivity contribution is 7.09. The van der Waals surface area contributed by atoms with Crippen molar-refractivity contribution in [3.63, 3.8) is 0 Å². The molecule has 0 amide bonds. The average molecular weight is 305 g/mol. The molecule has 0 radical (unpaired) electrons. The summed E-state index contributed by atoms with van der Waals surface area (Å²) in [5, 5.41) is 0.971. The summed E-state index contributed by atoms with van der Waals surface area (Å²) >= 11 is 1.46. The van der Waals surface area contributed by atoms with Crippen LogP contribution in [-0.4, -0.2) is 39.6 Å². The van der Waals surface area contributed by atoms with Crippen molar-refractivity contribution < 1.29 is 4.74 Å². The van der Waals surface area contributed by atoms with E-state index in [1.165, 1.54) is 24.4 Å². The van der Waals surface area contributed by atoms with E-state index >= 15 is 0 Å². The van der Waals surface area contributed by atoms with E-state index in [2.05, 4.69) is 24.2 Å². The molecule has 21 heavy (non-hydrogen) atoms. The van der Waals surface area contributed by atoms with Crippen molar-refractivity contribution in [2.24, 2.45) is 0 Å². The number of ether oxygens (including phenoxy) is 1. The van der Waals surface area contributed by atoms with Crippen molar-refractivity contribution in [3.05, 3.63) is 30.1 Å². The molecule has 1 unspecified atom stereocenters. The van der Waals surface area contributed by atoms with Crippen LogP contribution in [-0.2, 0) is 11.2 Å². The van der Waals surface area contributed by atoms with Crippen LogP contribution in [0.1, 0.15) is 37.0 Å². The van der Waals surface area contributed by atoms with Gasteiger partial charge in [0.05, 0.1) is 12.6 Å². The van der Waals surface area contributed by atoms with Gasteiger partial charge in [-0.15, -0.1) is 0 Å². The van der Waals surface area contributed by atoms with Gasteiger partial charge in [-0.25, -0.2) is 15.0 Å². The third-order valence-corrected chi connectivity index (χ3v) is 4.41. The van der Waals surface area contributed by atoms with Gasteiger partial charge < -0.3 is 9.64 Å². The number of piperidine rings is 1. The van der Waals surface area contributed by atoms with Gasteiger partial charge in [0, 0.05) is 44.0 Å². The molecule has 6 nitrogen and oxygen atoms in total. The summed E-state index contributed by atoms with van der Waals surface area (Å²) < 4.78 is 9.51. The van der Waals surface area contributed by atoms with Crippen LogP contribution in [0.5, 0.6) is 0 Å². The molecule has 0 saturated carbocycles. The third kappa shape index (κ3) is 3.36. The van der Waals surface area contributed by atoms with E-state index in [0.29, 0.717) is 6.61 Å². The van der Waals surface area contributed by atoms with Crippen LogP contribution >= 0.6 is 11.5 Å². The molecule has 1 aliphatic heterocycles. The summed E-state index contributed by atoms with van der Waals surface area (Å²) in [5.74, 6) is 1.74. The number of hydrogen-bond donors (Lipinski definition) is 0. The van der Waals surface area contributed by atoms with E-state index in [0.717, 1.165) is 36.2 Å². The number of hydrogen-bond acceptors (Lipinski definition) is 7. The first-order chi connectivity index (χ1) is 10.4. The Balaban J connectivity index is 1.79. The van der Waals surface area contributed by atoms with Crippen LogP contribution in [0.4, 0.5) is 5.13 Å². The van der Waals surface area contributed by atoms with Gasteiger partial charge in [-0.2, -0.15) is 4.37 Å². The van der Waals surface area contributed by atoms with Crippen molar-refractivity contribution >= 4 is 16.7 Å². The summed E-state index contributed by atoms with van der Waals surface area (Å²) in [5.41, 5.74) is 0. The quantitative estimate of drug-likeness (QED) is 0.844. The first kappa shape index (κ1) is 14.3. The minimum Gasteiger partial charge on any atom is -0.384 e. The minimum absolute atomic E-state index is 0.211. The maximum atomic E-state index is 5.08. The predicted molar refractivity (Wildman–Crippen MR) is 81.5 cm³/mol. The predicted octanol–water partition coefficient (Wildman–Crippen LogP) is 2.25. The lowest BCUT2D eigenvalue weighted by atomic mass is 10.0. The number of aromatic nitrogens is 4. The standard InChI is InChI=1S/C14H19N5OS/c1-20-10-6-12-17-14(21-18-12)19-9-3-2-5-11(19)13-15-7-4-8-16-13/h4,7-8,11H,2-3,5-6,9-10H2,1H3. The van der Waals surface area contributed by atoms with Crippen molar-refractivity contribution in [1.29, 1.82) is 0 Å². The normalized spacial score (nSPS) is 18.9. The fourth-order valence-electron chi connectivity index (χ4n) is 2.57. The Bertz CT molecular complexity index is 562. The smallest absolute Gasteiger partial charge is 0.205 e. The largest absolute Gasteiger partial charge is 0.384 e. The second-order valence-corrected chi connectivity index (χ2v) is 5.78. The van der Waals surface area contributed by atoms with E-state index in [1.54, 1.807) is 19.5 Å². The molecule has 0 spiro atoms. The maximum Gasteiger partial charge on any atom is 0.205 e. The zero-order chi connectivity index (χ0) is 14.5. The summed E-state index contributed by atoms with van der Waals surface area (Å²) in [6.45, 7) is 1.64. The van der Waals surface area contributed by atoms with Crippen molar-refractivity contribution in [1.82, 2.24) is 19.3 Å². The molecule has 3 heterocycles. The van der Waals surface area contributed by atoms with Crippen LogP contribution in [0.2, 0.25) is 0 Å². The molecule has 2 aromatic rings. The van der Waals surface area contributed by atoms with Gasteiger partial charge in [-0.05, 0) is 25.3 Å². The summed E-state index contributed by atoms with van der Waals surface area (Å²) in [6, 6.07) is 2.06. The second-order valence-electron chi connectivity index (χ2n) is 5.05. The van der Waals surface area contributed by atoms with E-state index in [9.17, 15) is 0 Å². The fourth-order valence-corrected chi connectivity index (χ4v) is 3.36. The van der Waals surface area contributed by atoms with E-state index < -0.39 is 0 Å². The highest BCUT2D eigenvalue weighted by Gasteiger charge is 2.28. The molecule has 7 heteroatoms. The van der Waals surface area contributed by atoms with E-state index in [1.807, 2.05) is 6.07 Å². The van der Waals surface area contributed by atoms with Gasteiger partial charge in [-0.3, -0.25) is 0 Å². The molecule has 1 aliphatic rings. The van der Waals surface area contributed by atoms with Crippen molar-refractivity contribution in [2.75, 3.05) is 25.2 Å². The van der Waals surface area contributed by atoms with Crippen molar-refractivity contribution in [2.45, 2.75) is 31.7 Å². The van der Waals surface area contributed by atoms with Gasteiger partial charge in [-0.1, -0.05) is 0 Å². The van der Waals surface area contributed by atoms with Crippen LogP contribution in [0.15, 0.2) is 18.5 Å². The first-order valence-electron chi connectivity index (χ1n) is 7.23. The van der Waals surface area contributed by atoms with Gasteiger partial charge in [0.15, 0.2) is 5.82 Å². The van der Waals surface area contributed by atoms with E-state index in [-0.39, 0.29) is 6.04 Å². The highest BCUT2D eigenvalue weighted by atomic mass is 32.1. The lowest BCUT2D eigenvalue weighted by Gasteiger charge is -2.34. The topological polar surface area (TPSA) is 64.0 Å². The number of methoxy groups -OCH3 is 1. The monoisotopic (exact) mass is 305 g/mol. The molecule has 0 aliphatic carbocycles. The number of anilines is 1. The molecule has 0 aromatic carbocycles. The molecular weight excluding hydrogens is 286 g/mol. The summed E-state index contributed by atoms with van der Waals surface area (Å²) in [6.07, 6.45) is 7.81. The Kier molecular flexibility index (Phi) is 4.72. The molecule has 3 rings (SSSR count). The Morgan fingerprint density at radius 1 is 1.33 bits per heavy atom. The molecule has 0 N–H and O–H groups in total. The first-order valence-corrected chi connectivity index (χ1v) is 8.01. The lowest BCUT2D eigenvalue weighted by Crippen LogP contribution is -2.34. The zero-order valence-electron chi connectivity index (χ0n) is 12.1. The SMILES string of the molecule is COCCc1nsc(N2CCCCC2c2ncccn2)n1. The molecule has 112 valence electrons. The lowest BCUT2D eigenvalue weighted by molar-refractivity contribution is 0.201. The van der Waals surface area contributed by atoms with Crippen LogP contribution in [0.25, 0.3) is 0 Å². The highest BCUT2D eigenvalue weighted by Crippen LogP contribution is 2.34. The molecule has 1 saturated heterocycles. The molecular formula is C14H19N5OS. The number of nitrogens with zero attached hydrogens (tertiary/aromatic N) is 5. The van der Waals surface area contributed by atoms with Gasteiger partial charge >= 0.3 is 0 Å². The minimum atomic E-state index is 0.211. The van der Waals surface area contributed by atoms with Gasteiger partial charge in [0.25, 0.3) is 0 Å². The third-order valence-electron chi connectivity index (χ3n) is 3.62. The van der Waals surface area contributed by atoms with E-state index in [4.69, 9.17) is 4.74 Å². The Hall–Kier alpha value is -1.60. The molecule has 1 atom stereocenters. The Morgan fingerprint density at radius 3 is 3.00 bits per heavy atom. The van der Waals surface area contributed by atoms with Crippen molar-refractivity contribution in [3.8, 4) is 0 Å². The Morgan fingerprint density at radius 2 is 2.19 bits per heavy atom. The summed E-state index contributed by atoms with van der Waals surface area (Å²) in [4.78, 5) is 15.8. The average Bonchev–Trinajstić information content (AvgIpc) is 3.02. The van der Waals surface area contributed by atoms with Crippen LogP contribution in [0.3, 0.4) is 0 Å². The van der Waals surface area contributed by atoms with Crippen LogP contribution < -0.4 is 4.90 Å². The molecule has 2 aromatic heterocycles. The van der Waals surface area contributed by atoms with Gasteiger partial charge in [0.2, 0.25) is 5.13 Å². The fraction of sp³-hybridized carbons (Fsp3) is 0.571. The zero-order valence-corrected chi connectivity index (χ0v) is 12.9. The summed E-state index contributed by atoms with van der Waals surface area (Å²) in [7, 11) is 1.70. The van der Waals surface area contributed by atoms with Crippen LogP contribution in [0, 0.1) is 0 Å². The molecule has 1 fully saturated rings. The second kappa shape index (κ2) is 6.91. The maximum absolute atomic E-state index is 5.08.